The molecule has 1 amide bonds. The molecule has 1 unspecified atom stereocenters. The number of amides is 1. The number of nitrogens with zero attached hydrogens (tertiary/aromatic N) is 2. The molecule has 4 rings (SSSR count). The third-order valence-electron chi connectivity index (χ3n) is 4.47. The van der Waals surface area contributed by atoms with Crippen LogP contribution in [-0.2, 0) is 11.8 Å². The highest BCUT2D eigenvalue weighted by Crippen LogP contribution is 2.43. The molecule has 1 fully saturated rings. The Hall–Kier alpha value is -2.76. The van der Waals surface area contributed by atoms with Gasteiger partial charge < -0.3 is 14.8 Å². The molecule has 1 aromatic heterocycles. The van der Waals surface area contributed by atoms with Gasteiger partial charge in [0.2, 0.25) is 5.91 Å². The second kappa shape index (κ2) is 6.63. The van der Waals surface area contributed by atoms with E-state index in [9.17, 15) is 4.79 Å². The maximum atomic E-state index is 12.3. The van der Waals surface area contributed by atoms with Gasteiger partial charge in [-0.05, 0) is 42.5 Å². The quantitative estimate of drug-likeness (QED) is 0.850. The first-order valence-corrected chi connectivity index (χ1v) is 8.56. The van der Waals surface area contributed by atoms with Crippen LogP contribution in [0.4, 0.5) is 0 Å². The highest BCUT2D eigenvalue weighted by Gasteiger charge is 2.33. The number of aryl methyl sites for hydroxylation is 1. The number of nitrogens with one attached hydrogen (secondary N) is 1. The van der Waals surface area contributed by atoms with Crippen molar-refractivity contribution in [2.45, 2.75) is 18.9 Å². The highest BCUT2D eigenvalue weighted by molar-refractivity contribution is 5.92. The number of aromatic nitrogens is 2. The first-order chi connectivity index (χ1) is 12.2. The molecular formula is C19H21N3O3. The molecule has 1 N–H and O–H groups in total. The minimum atomic E-state index is -0.101. The number of ether oxygens (including phenoxy) is 2. The Kier molecular flexibility index (Phi) is 4.17. The summed E-state index contributed by atoms with van der Waals surface area (Å²) in [5, 5.41) is 7.22. The topological polar surface area (TPSA) is 65.4 Å². The molecule has 1 saturated carbocycles. The molecular weight excluding hydrogens is 318 g/mol. The van der Waals surface area contributed by atoms with E-state index < -0.39 is 0 Å². The predicted octanol–water partition coefficient (Wildman–Crippen LogP) is 2.47. The van der Waals surface area contributed by atoms with Crippen LogP contribution in [0.25, 0.3) is 6.08 Å². The van der Waals surface area contributed by atoms with Crippen LogP contribution in [0, 0.1) is 5.92 Å². The van der Waals surface area contributed by atoms with E-state index in [2.05, 4.69) is 10.4 Å². The zero-order valence-corrected chi connectivity index (χ0v) is 14.1. The minimum Gasteiger partial charge on any atom is -0.486 e. The lowest BCUT2D eigenvalue weighted by molar-refractivity contribution is -0.117. The summed E-state index contributed by atoms with van der Waals surface area (Å²) >= 11 is 0. The van der Waals surface area contributed by atoms with Crippen LogP contribution in [-0.4, -0.2) is 28.9 Å². The summed E-state index contributed by atoms with van der Waals surface area (Å²) in [6, 6.07) is 5.93. The second-order valence-corrected chi connectivity index (χ2v) is 6.51. The van der Waals surface area contributed by atoms with Gasteiger partial charge in [0.25, 0.3) is 0 Å². The van der Waals surface area contributed by atoms with E-state index in [1.807, 2.05) is 31.4 Å². The smallest absolute Gasteiger partial charge is 0.244 e. The Balaban J connectivity index is 1.48. The fraction of sp³-hybridized carbons (Fsp3) is 0.368. The van der Waals surface area contributed by atoms with Gasteiger partial charge in [-0.15, -0.1) is 0 Å². The van der Waals surface area contributed by atoms with Crippen molar-refractivity contribution in [1.82, 2.24) is 15.1 Å². The van der Waals surface area contributed by atoms with Crippen LogP contribution in [0.1, 0.15) is 30.0 Å². The molecule has 0 bridgehead atoms. The van der Waals surface area contributed by atoms with E-state index in [1.165, 1.54) is 0 Å². The zero-order valence-electron chi connectivity index (χ0n) is 14.1. The standard InChI is InChI=1S/C19H21N3O3/c1-22-12-13(11-20-22)2-7-18(23)21-19(14-3-4-14)15-5-6-16-17(10-15)25-9-8-24-16/h2,5-7,10-12,14,19H,3-4,8-9H2,1H3,(H,21,23)/b7-2+. The van der Waals surface area contributed by atoms with Gasteiger partial charge >= 0.3 is 0 Å². The first-order valence-electron chi connectivity index (χ1n) is 8.56. The van der Waals surface area contributed by atoms with E-state index >= 15 is 0 Å². The molecule has 2 heterocycles. The van der Waals surface area contributed by atoms with E-state index in [0.29, 0.717) is 19.1 Å². The molecule has 130 valence electrons. The molecule has 0 saturated heterocycles. The van der Waals surface area contributed by atoms with Gasteiger partial charge in [-0.1, -0.05) is 6.07 Å². The van der Waals surface area contributed by atoms with Gasteiger partial charge in [0.05, 0.1) is 12.2 Å². The van der Waals surface area contributed by atoms with Crippen molar-refractivity contribution in [3.8, 4) is 11.5 Å². The number of hydrogen-bond acceptors (Lipinski definition) is 4. The van der Waals surface area contributed by atoms with Crippen molar-refractivity contribution in [2.75, 3.05) is 13.2 Å². The molecule has 6 nitrogen and oxygen atoms in total. The van der Waals surface area contributed by atoms with Crippen molar-refractivity contribution in [2.24, 2.45) is 13.0 Å². The molecule has 1 aliphatic heterocycles. The molecule has 0 spiro atoms. The maximum absolute atomic E-state index is 12.3. The van der Waals surface area contributed by atoms with Crippen LogP contribution in [0.5, 0.6) is 11.5 Å². The van der Waals surface area contributed by atoms with Gasteiger partial charge in [-0.3, -0.25) is 9.48 Å². The van der Waals surface area contributed by atoms with Gasteiger partial charge in [0, 0.05) is 24.9 Å². The highest BCUT2D eigenvalue weighted by atomic mass is 16.6. The average molecular weight is 339 g/mol. The SMILES string of the molecule is Cn1cc(/C=C/C(=O)NC(c2ccc3c(c2)OCCO3)C2CC2)cn1. The number of carbonyl (C=O) groups is 1. The van der Waals surface area contributed by atoms with Crippen LogP contribution in [0.2, 0.25) is 0 Å². The zero-order chi connectivity index (χ0) is 17.2. The Morgan fingerprint density at radius 3 is 2.84 bits per heavy atom. The minimum absolute atomic E-state index is 0.00174. The lowest BCUT2D eigenvalue weighted by atomic mass is 10.0. The summed E-state index contributed by atoms with van der Waals surface area (Å²) in [6.07, 6.45) is 9.18. The molecule has 2 aromatic rings. The molecule has 6 heteroatoms. The summed E-state index contributed by atoms with van der Waals surface area (Å²) < 4.78 is 12.9. The van der Waals surface area contributed by atoms with Gasteiger partial charge in [0.15, 0.2) is 11.5 Å². The summed E-state index contributed by atoms with van der Waals surface area (Å²) in [7, 11) is 1.85. The third kappa shape index (κ3) is 3.68. The number of hydrogen-bond donors (Lipinski definition) is 1. The number of fused-ring (bicyclic) bond motifs is 1. The maximum Gasteiger partial charge on any atom is 0.244 e. The molecule has 1 aliphatic carbocycles. The normalized spacial score (nSPS) is 17.5. The first kappa shape index (κ1) is 15.7. The summed E-state index contributed by atoms with van der Waals surface area (Å²) in [4.78, 5) is 12.3. The van der Waals surface area contributed by atoms with Crippen molar-refractivity contribution in [3.05, 3.63) is 47.8 Å². The lowest BCUT2D eigenvalue weighted by Crippen LogP contribution is -2.28. The van der Waals surface area contributed by atoms with Crippen LogP contribution in [0.3, 0.4) is 0 Å². The second-order valence-electron chi connectivity index (χ2n) is 6.51. The number of benzene rings is 1. The third-order valence-corrected chi connectivity index (χ3v) is 4.47. The van der Waals surface area contributed by atoms with Crippen LogP contribution in [0.15, 0.2) is 36.7 Å². The van der Waals surface area contributed by atoms with Gasteiger partial charge in [-0.25, -0.2) is 0 Å². The van der Waals surface area contributed by atoms with E-state index in [0.717, 1.165) is 35.5 Å². The molecule has 1 aromatic carbocycles. The Morgan fingerprint density at radius 2 is 2.12 bits per heavy atom. The average Bonchev–Trinajstić information content (AvgIpc) is 3.39. The molecule has 2 aliphatic rings. The molecule has 25 heavy (non-hydrogen) atoms. The number of carbonyl (C=O) groups excluding carboxylic acids is 1. The van der Waals surface area contributed by atoms with Gasteiger partial charge in [0.1, 0.15) is 13.2 Å². The van der Waals surface area contributed by atoms with E-state index in [4.69, 9.17) is 9.47 Å². The van der Waals surface area contributed by atoms with E-state index in [1.54, 1.807) is 23.0 Å². The van der Waals surface area contributed by atoms with Gasteiger partial charge in [-0.2, -0.15) is 5.10 Å². The van der Waals surface area contributed by atoms with Crippen molar-refractivity contribution in [3.63, 3.8) is 0 Å². The van der Waals surface area contributed by atoms with Crippen molar-refractivity contribution < 1.29 is 14.3 Å². The fourth-order valence-electron chi connectivity index (χ4n) is 3.06. The molecule has 1 atom stereocenters. The molecule has 0 radical (unpaired) electrons. The summed E-state index contributed by atoms with van der Waals surface area (Å²) in [5.41, 5.74) is 1.97. The van der Waals surface area contributed by atoms with Crippen LogP contribution >= 0.6 is 0 Å². The van der Waals surface area contributed by atoms with Crippen LogP contribution < -0.4 is 14.8 Å². The van der Waals surface area contributed by atoms with E-state index in [-0.39, 0.29) is 11.9 Å². The fourth-order valence-corrected chi connectivity index (χ4v) is 3.06. The number of rotatable bonds is 5. The van der Waals surface area contributed by atoms with Crippen molar-refractivity contribution in [1.29, 1.82) is 0 Å². The Morgan fingerprint density at radius 1 is 1.32 bits per heavy atom. The predicted molar refractivity (Wildman–Crippen MR) is 93.3 cm³/mol. The largest absolute Gasteiger partial charge is 0.486 e. The Bertz CT molecular complexity index is 808. The monoisotopic (exact) mass is 339 g/mol. The summed E-state index contributed by atoms with van der Waals surface area (Å²) in [5.74, 6) is 1.91. The summed E-state index contributed by atoms with van der Waals surface area (Å²) in [6.45, 7) is 1.14. The lowest BCUT2D eigenvalue weighted by Gasteiger charge is -2.22. The van der Waals surface area contributed by atoms with Crippen molar-refractivity contribution >= 4 is 12.0 Å². The Labute approximate surface area is 146 Å².